The molecular weight excluding hydrogens is 272 g/mol. The van der Waals surface area contributed by atoms with Crippen molar-refractivity contribution in [2.75, 3.05) is 25.1 Å². The average molecular weight is 296 g/mol. The lowest BCUT2D eigenvalue weighted by Gasteiger charge is -2.19. The number of H-pyrrole nitrogens is 1. The topological polar surface area (TPSA) is 88.3 Å². The number of anilines is 1. The third kappa shape index (κ3) is 5.35. The third-order valence-electron chi connectivity index (χ3n) is 3.12. The first-order chi connectivity index (χ1) is 9.94. The van der Waals surface area contributed by atoms with E-state index in [1.54, 1.807) is 6.20 Å². The van der Waals surface area contributed by atoms with E-state index in [1.807, 2.05) is 20.8 Å². The number of hydrogen-bond acceptors (Lipinski definition) is 5. The summed E-state index contributed by atoms with van der Waals surface area (Å²) >= 11 is 0. The normalized spacial score (nSPS) is 18.7. The Hall–Kier alpha value is -1.60. The van der Waals surface area contributed by atoms with Crippen molar-refractivity contribution in [2.45, 2.75) is 39.3 Å². The van der Waals surface area contributed by atoms with Crippen LogP contribution in [0.2, 0.25) is 0 Å². The number of hydrogen-bond donors (Lipinski definition) is 3. The van der Waals surface area contributed by atoms with Crippen LogP contribution in [0.5, 0.6) is 0 Å². The molecule has 0 spiro atoms. The highest BCUT2D eigenvalue weighted by atomic mass is 16.6. The number of carbonyl (C=O) groups excluding carboxylic acids is 1. The molecule has 1 amide bonds. The molecule has 3 N–H and O–H groups in total. The van der Waals surface area contributed by atoms with E-state index < -0.39 is 11.7 Å². The van der Waals surface area contributed by atoms with Crippen LogP contribution in [-0.4, -0.2) is 41.7 Å². The van der Waals surface area contributed by atoms with Gasteiger partial charge >= 0.3 is 6.09 Å². The summed E-state index contributed by atoms with van der Waals surface area (Å²) in [6.45, 7) is 8.68. The second kappa shape index (κ2) is 6.91. The lowest BCUT2D eigenvalue weighted by molar-refractivity contribution is 0.0635. The number of nitrogens with one attached hydrogen (secondary N) is 3. The highest BCUT2D eigenvalue weighted by Crippen LogP contribution is 2.15. The monoisotopic (exact) mass is 296 g/mol. The number of carbonyl (C=O) groups is 1. The molecule has 0 aliphatic carbocycles. The number of rotatable bonds is 5. The van der Waals surface area contributed by atoms with Crippen molar-refractivity contribution in [3.63, 3.8) is 0 Å². The molecule has 0 bridgehead atoms. The molecule has 0 saturated carbocycles. The fourth-order valence-corrected chi connectivity index (χ4v) is 2.11. The van der Waals surface area contributed by atoms with Gasteiger partial charge in [0.25, 0.3) is 0 Å². The van der Waals surface area contributed by atoms with Crippen molar-refractivity contribution in [3.8, 4) is 0 Å². The van der Waals surface area contributed by atoms with E-state index in [4.69, 9.17) is 9.47 Å². The molecule has 21 heavy (non-hydrogen) atoms. The standard InChI is InChI=1S/C14H24N4O3/c1-14(2,3)21-13(19)17-12-11(8-16-18-12)7-15-6-10-4-5-20-9-10/h8,10,15H,4-7,9H2,1-3H3,(H2,16,17,18,19). The predicted octanol–water partition coefficient (Wildman–Crippen LogP) is 1.88. The molecule has 2 heterocycles. The Morgan fingerprint density at radius 2 is 2.38 bits per heavy atom. The van der Waals surface area contributed by atoms with Crippen molar-refractivity contribution in [3.05, 3.63) is 11.8 Å². The number of aromatic nitrogens is 2. The lowest BCUT2D eigenvalue weighted by Crippen LogP contribution is -2.28. The minimum Gasteiger partial charge on any atom is -0.444 e. The molecule has 7 nitrogen and oxygen atoms in total. The minimum atomic E-state index is -0.523. The first-order valence-electron chi connectivity index (χ1n) is 7.25. The van der Waals surface area contributed by atoms with Gasteiger partial charge in [-0.2, -0.15) is 5.10 Å². The maximum Gasteiger partial charge on any atom is 0.413 e. The Kier molecular flexibility index (Phi) is 5.19. The van der Waals surface area contributed by atoms with Gasteiger partial charge in [0.15, 0.2) is 0 Å². The van der Waals surface area contributed by atoms with Crippen molar-refractivity contribution < 1.29 is 14.3 Å². The number of aromatic amines is 1. The van der Waals surface area contributed by atoms with E-state index >= 15 is 0 Å². The van der Waals surface area contributed by atoms with E-state index in [0.29, 0.717) is 18.3 Å². The number of ether oxygens (including phenoxy) is 2. The second-order valence-corrected chi connectivity index (χ2v) is 6.26. The molecule has 1 unspecified atom stereocenters. The Bertz CT molecular complexity index is 461. The first-order valence-corrected chi connectivity index (χ1v) is 7.25. The number of amides is 1. The molecular formula is C14H24N4O3. The molecule has 1 aromatic rings. The van der Waals surface area contributed by atoms with Gasteiger partial charge in [0.05, 0.1) is 12.8 Å². The Labute approximate surface area is 124 Å². The first kappa shape index (κ1) is 15.8. The minimum absolute atomic E-state index is 0.489. The smallest absolute Gasteiger partial charge is 0.413 e. The summed E-state index contributed by atoms with van der Waals surface area (Å²) in [6, 6.07) is 0. The van der Waals surface area contributed by atoms with Crippen LogP contribution in [0, 0.1) is 5.92 Å². The lowest BCUT2D eigenvalue weighted by atomic mass is 10.1. The van der Waals surface area contributed by atoms with Gasteiger partial charge in [-0.15, -0.1) is 0 Å². The van der Waals surface area contributed by atoms with Crippen molar-refractivity contribution in [1.82, 2.24) is 15.5 Å². The molecule has 7 heteroatoms. The summed E-state index contributed by atoms with van der Waals surface area (Å²) in [5.41, 5.74) is 0.380. The van der Waals surface area contributed by atoms with Crippen LogP contribution in [0.3, 0.4) is 0 Å². The van der Waals surface area contributed by atoms with Gasteiger partial charge in [-0.25, -0.2) is 4.79 Å². The van der Waals surface area contributed by atoms with Gasteiger partial charge in [0, 0.05) is 25.3 Å². The SMILES string of the molecule is CC(C)(C)OC(=O)Nc1[nH]ncc1CNCC1CCOC1. The summed E-state index contributed by atoms with van der Waals surface area (Å²) in [5, 5.41) is 12.8. The van der Waals surface area contributed by atoms with Crippen LogP contribution in [0.4, 0.5) is 10.6 Å². The van der Waals surface area contributed by atoms with Gasteiger partial charge in [0.1, 0.15) is 11.4 Å². The van der Waals surface area contributed by atoms with Crippen molar-refractivity contribution in [1.29, 1.82) is 0 Å². The molecule has 1 aliphatic heterocycles. The van der Waals surface area contributed by atoms with E-state index in [2.05, 4.69) is 20.8 Å². The van der Waals surface area contributed by atoms with E-state index in [0.717, 1.165) is 31.7 Å². The highest BCUT2D eigenvalue weighted by Gasteiger charge is 2.18. The average Bonchev–Trinajstić information content (AvgIpc) is 2.99. The summed E-state index contributed by atoms with van der Waals surface area (Å²) in [7, 11) is 0. The van der Waals surface area contributed by atoms with Crippen LogP contribution in [0.25, 0.3) is 0 Å². The molecule has 0 radical (unpaired) electrons. The Balaban J connectivity index is 1.79. The zero-order chi connectivity index (χ0) is 15.3. The largest absolute Gasteiger partial charge is 0.444 e. The zero-order valence-electron chi connectivity index (χ0n) is 12.9. The van der Waals surface area contributed by atoms with Crippen LogP contribution < -0.4 is 10.6 Å². The molecule has 1 atom stereocenters. The Morgan fingerprint density at radius 1 is 1.57 bits per heavy atom. The van der Waals surface area contributed by atoms with Gasteiger partial charge in [-0.05, 0) is 33.1 Å². The fraction of sp³-hybridized carbons (Fsp3) is 0.714. The Morgan fingerprint density at radius 3 is 3.05 bits per heavy atom. The van der Waals surface area contributed by atoms with Gasteiger partial charge < -0.3 is 14.8 Å². The molecule has 1 saturated heterocycles. The van der Waals surface area contributed by atoms with Crippen LogP contribution in [0.15, 0.2) is 6.20 Å². The third-order valence-corrected chi connectivity index (χ3v) is 3.12. The van der Waals surface area contributed by atoms with E-state index in [9.17, 15) is 4.79 Å². The predicted molar refractivity (Wildman–Crippen MR) is 79.1 cm³/mol. The molecule has 1 aliphatic rings. The van der Waals surface area contributed by atoms with Gasteiger partial charge in [-0.3, -0.25) is 10.4 Å². The second-order valence-electron chi connectivity index (χ2n) is 6.26. The van der Waals surface area contributed by atoms with E-state index in [1.165, 1.54) is 0 Å². The molecule has 2 rings (SSSR count). The van der Waals surface area contributed by atoms with E-state index in [-0.39, 0.29) is 0 Å². The maximum atomic E-state index is 11.7. The summed E-state index contributed by atoms with van der Waals surface area (Å²) < 4.78 is 10.6. The van der Waals surface area contributed by atoms with Crippen molar-refractivity contribution in [2.24, 2.45) is 5.92 Å². The summed E-state index contributed by atoms with van der Waals surface area (Å²) in [6.07, 6.45) is 2.31. The fourth-order valence-electron chi connectivity index (χ4n) is 2.11. The molecule has 1 fully saturated rings. The van der Waals surface area contributed by atoms with Crippen LogP contribution in [0.1, 0.15) is 32.8 Å². The van der Waals surface area contributed by atoms with Crippen molar-refractivity contribution >= 4 is 11.9 Å². The quantitative estimate of drug-likeness (QED) is 0.772. The molecule has 0 aromatic carbocycles. The maximum absolute atomic E-state index is 11.7. The van der Waals surface area contributed by atoms with Crippen LogP contribution in [-0.2, 0) is 16.0 Å². The highest BCUT2D eigenvalue weighted by molar-refractivity contribution is 5.84. The van der Waals surface area contributed by atoms with Gasteiger partial charge in [-0.1, -0.05) is 0 Å². The summed E-state index contributed by atoms with van der Waals surface area (Å²) in [4.78, 5) is 11.7. The molecule has 1 aromatic heterocycles. The van der Waals surface area contributed by atoms with Gasteiger partial charge in [0.2, 0.25) is 0 Å². The number of nitrogens with zero attached hydrogens (tertiary/aromatic N) is 1. The van der Waals surface area contributed by atoms with Crippen LogP contribution >= 0.6 is 0 Å². The summed E-state index contributed by atoms with van der Waals surface area (Å²) in [5.74, 6) is 1.14. The zero-order valence-corrected chi connectivity index (χ0v) is 12.9. The molecule has 118 valence electrons.